The second-order valence-electron chi connectivity index (χ2n) is 7.68. The van der Waals surface area contributed by atoms with Crippen molar-refractivity contribution in [1.29, 1.82) is 10.7 Å². The molecule has 2 aromatic heterocycles. The molecule has 0 bridgehead atoms. The molecule has 2 unspecified atom stereocenters. The number of anilines is 1. The molecule has 3 aromatic rings. The second-order valence-corrected chi connectivity index (χ2v) is 7.68. The Morgan fingerprint density at radius 2 is 2.23 bits per heavy atom. The Kier molecular flexibility index (Phi) is 5.62. The molecule has 9 heteroatoms. The van der Waals surface area contributed by atoms with Gasteiger partial charge >= 0.3 is 0 Å². The van der Waals surface area contributed by atoms with Crippen LogP contribution in [0.25, 0.3) is 11.2 Å². The van der Waals surface area contributed by atoms with Crippen molar-refractivity contribution in [3.8, 4) is 6.07 Å². The average molecular weight is 419 g/mol. The minimum absolute atomic E-state index is 0.0302. The summed E-state index contributed by atoms with van der Waals surface area (Å²) in [6.45, 7) is 0. The van der Waals surface area contributed by atoms with Crippen molar-refractivity contribution in [3.63, 3.8) is 0 Å². The maximum Gasteiger partial charge on any atom is 0.255 e. The fraction of sp³-hybridized carbons (Fsp3) is 0.318. The van der Waals surface area contributed by atoms with Crippen LogP contribution in [0.3, 0.4) is 0 Å². The highest BCUT2D eigenvalue weighted by atomic mass is 19.1. The van der Waals surface area contributed by atoms with Gasteiger partial charge in [0.2, 0.25) is 0 Å². The quantitative estimate of drug-likeness (QED) is 0.455. The first-order valence-electron chi connectivity index (χ1n) is 10.1. The number of nitriles is 1. The summed E-state index contributed by atoms with van der Waals surface area (Å²) in [4.78, 5) is 24.6. The molecule has 1 fully saturated rings. The maximum absolute atomic E-state index is 13.5. The fourth-order valence-corrected chi connectivity index (χ4v) is 4.05. The second kappa shape index (κ2) is 8.52. The summed E-state index contributed by atoms with van der Waals surface area (Å²) in [6.07, 6.45) is 6.09. The Morgan fingerprint density at radius 1 is 1.39 bits per heavy atom. The molecular weight excluding hydrogens is 397 g/mol. The van der Waals surface area contributed by atoms with Gasteiger partial charge in [-0.3, -0.25) is 10.2 Å². The molecule has 4 N–H and O–H groups in total. The fourth-order valence-electron chi connectivity index (χ4n) is 4.05. The van der Waals surface area contributed by atoms with Crippen molar-refractivity contribution in [2.24, 2.45) is 5.92 Å². The summed E-state index contributed by atoms with van der Waals surface area (Å²) in [5.41, 5.74) is 2.47. The van der Waals surface area contributed by atoms with Crippen LogP contribution in [0.15, 0.2) is 30.6 Å². The molecule has 8 nitrogen and oxygen atoms in total. The summed E-state index contributed by atoms with van der Waals surface area (Å²) in [5.74, 6) is -0.345. The summed E-state index contributed by atoms with van der Waals surface area (Å²) >= 11 is 0. The van der Waals surface area contributed by atoms with Crippen molar-refractivity contribution in [2.75, 3.05) is 12.4 Å². The topological polar surface area (TPSA) is 130 Å². The molecule has 1 amide bonds. The third-order valence-corrected chi connectivity index (χ3v) is 5.66. The van der Waals surface area contributed by atoms with Crippen LogP contribution >= 0.6 is 0 Å². The van der Waals surface area contributed by atoms with Crippen LogP contribution < -0.4 is 10.6 Å². The number of rotatable bonds is 6. The van der Waals surface area contributed by atoms with Gasteiger partial charge in [0.05, 0.1) is 23.5 Å². The Hall–Kier alpha value is -3.80. The lowest BCUT2D eigenvalue weighted by Gasteiger charge is -2.12. The largest absolute Gasteiger partial charge is 0.387 e. The Morgan fingerprint density at radius 3 is 3.00 bits per heavy atom. The zero-order valence-corrected chi connectivity index (χ0v) is 17.0. The number of halogens is 1. The predicted octanol–water partition coefficient (Wildman–Crippen LogP) is 3.37. The molecule has 1 saturated carbocycles. The first-order chi connectivity index (χ1) is 15.0. The lowest BCUT2D eigenvalue weighted by Crippen LogP contribution is -2.32. The smallest absolute Gasteiger partial charge is 0.255 e. The van der Waals surface area contributed by atoms with Gasteiger partial charge in [0.25, 0.3) is 5.91 Å². The lowest BCUT2D eigenvalue weighted by molar-refractivity contribution is 0.0938. The van der Waals surface area contributed by atoms with E-state index in [-0.39, 0.29) is 23.4 Å². The first kappa shape index (κ1) is 20.5. The molecule has 1 aliphatic rings. The number of nitrogens with zero attached hydrogens (tertiary/aromatic N) is 3. The summed E-state index contributed by atoms with van der Waals surface area (Å²) in [7, 11) is 1.65. The number of nitrogens with one attached hydrogen (secondary N) is 4. The normalized spacial score (nSPS) is 18.0. The molecule has 4 rings (SSSR count). The molecule has 0 aliphatic heterocycles. The number of aromatic amines is 1. The van der Waals surface area contributed by atoms with Crippen LogP contribution in [0, 0.1) is 28.5 Å². The highest BCUT2D eigenvalue weighted by molar-refractivity contribution is 6.14. The number of benzene rings is 1. The van der Waals surface area contributed by atoms with Crippen LogP contribution in [0.1, 0.15) is 47.3 Å². The van der Waals surface area contributed by atoms with Gasteiger partial charge in [0, 0.05) is 37.0 Å². The number of hydrogen-bond donors (Lipinski definition) is 4. The van der Waals surface area contributed by atoms with Crippen molar-refractivity contribution in [1.82, 2.24) is 20.3 Å². The van der Waals surface area contributed by atoms with Crippen molar-refractivity contribution < 1.29 is 9.18 Å². The number of carbonyl (C=O) groups excluding carboxylic acids is 1. The molecule has 0 spiro atoms. The third-order valence-electron chi connectivity index (χ3n) is 5.66. The zero-order valence-electron chi connectivity index (χ0n) is 17.0. The van der Waals surface area contributed by atoms with Gasteiger partial charge in [-0.15, -0.1) is 0 Å². The van der Waals surface area contributed by atoms with Gasteiger partial charge in [-0.25, -0.2) is 14.4 Å². The highest BCUT2D eigenvalue weighted by Gasteiger charge is 2.27. The van der Waals surface area contributed by atoms with E-state index < -0.39 is 5.82 Å². The number of hydrogen-bond acceptors (Lipinski definition) is 6. The number of H-pyrrole nitrogens is 1. The third kappa shape index (κ3) is 4.10. The van der Waals surface area contributed by atoms with E-state index in [0.717, 1.165) is 19.3 Å². The Balaban J connectivity index is 1.59. The minimum Gasteiger partial charge on any atom is -0.387 e. The van der Waals surface area contributed by atoms with Crippen LogP contribution in [-0.4, -0.2) is 39.7 Å². The number of fused-ring (bicyclic) bond motifs is 1. The van der Waals surface area contributed by atoms with E-state index in [1.807, 2.05) is 0 Å². The van der Waals surface area contributed by atoms with E-state index in [9.17, 15) is 9.18 Å². The van der Waals surface area contributed by atoms with E-state index in [1.165, 1.54) is 24.4 Å². The van der Waals surface area contributed by atoms with E-state index in [2.05, 4.69) is 31.7 Å². The molecule has 1 aliphatic carbocycles. The lowest BCUT2D eigenvalue weighted by atomic mass is 10.0. The van der Waals surface area contributed by atoms with E-state index in [4.69, 9.17) is 10.7 Å². The Bertz CT molecular complexity index is 1200. The molecule has 0 radical (unpaired) electrons. The first-order valence-corrected chi connectivity index (χ1v) is 10.1. The van der Waals surface area contributed by atoms with Gasteiger partial charge < -0.3 is 15.6 Å². The highest BCUT2D eigenvalue weighted by Crippen LogP contribution is 2.28. The Labute approximate surface area is 178 Å². The van der Waals surface area contributed by atoms with Gasteiger partial charge in [0.1, 0.15) is 17.0 Å². The molecular formula is C22H22FN7O. The standard InChI is InChI=1S/C22H22FN7O/c1-26-17-9-13(23)3-5-15(17)19(25)18-11-28-21-20(30-18)16(10-27-21)22(31)29-14-4-2-12(8-14)6-7-24/h3,5,9-12,14,25-26H,2,4,6,8H2,1H3,(H,27,28)(H,29,31). The average Bonchev–Trinajstić information content (AvgIpc) is 3.39. The maximum atomic E-state index is 13.5. The van der Waals surface area contributed by atoms with Crippen molar-refractivity contribution in [2.45, 2.75) is 31.7 Å². The molecule has 1 aromatic carbocycles. The van der Waals surface area contributed by atoms with Crippen LogP contribution in [0.5, 0.6) is 0 Å². The molecule has 2 atom stereocenters. The van der Waals surface area contributed by atoms with Crippen molar-refractivity contribution in [3.05, 3.63) is 53.2 Å². The molecule has 2 heterocycles. The zero-order chi connectivity index (χ0) is 22.0. The summed E-state index contributed by atoms with van der Waals surface area (Å²) < 4.78 is 13.5. The van der Waals surface area contributed by atoms with E-state index in [1.54, 1.807) is 13.2 Å². The van der Waals surface area contributed by atoms with Gasteiger partial charge in [-0.2, -0.15) is 5.26 Å². The predicted molar refractivity (Wildman–Crippen MR) is 115 cm³/mol. The van der Waals surface area contributed by atoms with Crippen molar-refractivity contribution >= 4 is 28.5 Å². The van der Waals surface area contributed by atoms with Gasteiger partial charge in [-0.1, -0.05) is 0 Å². The molecule has 31 heavy (non-hydrogen) atoms. The molecule has 158 valence electrons. The van der Waals surface area contributed by atoms with E-state index >= 15 is 0 Å². The van der Waals surface area contributed by atoms with Crippen LogP contribution in [0.2, 0.25) is 0 Å². The SMILES string of the molecule is CNc1cc(F)ccc1C(=N)c1cnc2[nH]cc(C(=O)NC3CCC(CC#N)C3)c2n1. The number of amides is 1. The number of carbonyl (C=O) groups is 1. The van der Waals surface area contributed by atoms with Gasteiger partial charge in [0.15, 0.2) is 5.65 Å². The van der Waals surface area contributed by atoms with Crippen LogP contribution in [-0.2, 0) is 0 Å². The minimum atomic E-state index is -0.407. The molecule has 0 saturated heterocycles. The van der Waals surface area contributed by atoms with Crippen LogP contribution in [0.4, 0.5) is 10.1 Å². The number of aromatic nitrogens is 3. The van der Waals surface area contributed by atoms with Gasteiger partial charge in [-0.05, 0) is 43.4 Å². The summed E-state index contributed by atoms with van der Waals surface area (Å²) in [5, 5.41) is 23.3. The van der Waals surface area contributed by atoms with E-state index in [0.29, 0.717) is 40.3 Å². The monoisotopic (exact) mass is 419 g/mol. The summed E-state index contributed by atoms with van der Waals surface area (Å²) in [6, 6.07) is 6.33.